The van der Waals surface area contributed by atoms with Crippen molar-refractivity contribution in [2.24, 2.45) is 0 Å². The first-order valence-electron chi connectivity index (χ1n) is 1.81. The fourth-order valence-electron chi connectivity index (χ4n) is 0.177. The Balaban J connectivity index is 2.81. The Kier molecular flexibility index (Phi) is 3.35. The van der Waals surface area contributed by atoms with E-state index in [2.05, 4.69) is 11.7 Å². The molecule has 1 heteroatoms. The highest BCUT2D eigenvalue weighted by Gasteiger charge is 1.48. The van der Waals surface area contributed by atoms with Crippen molar-refractivity contribution in [2.45, 2.75) is 13.3 Å². The topological polar surface area (TPSA) is 0 Å². The first kappa shape index (κ1) is 4.62. The molecule has 0 N–H and O–H groups in total. The summed E-state index contributed by atoms with van der Waals surface area (Å²) in [7, 11) is 1.85. The second-order valence-electron chi connectivity index (χ2n) is 0.780. The molecule has 0 nitrogen and oxygen atoms in total. The highest BCUT2D eigenvalue weighted by molar-refractivity contribution is 6.22. The van der Waals surface area contributed by atoms with Gasteiger partial charge in [0.15, 0.2) is 7.85 Å². The predicted octanol–water partition coefficient (Wildman–Crippen LogP) is -0.00960. The predicted molar refractivity (Wildman–Crippen MR) is 26.6 cm³/mol. The van der Waals surface area contributed by atoms with Crippen molar-refractivity contribution in [3.63, 3.8) is 0 Å². The van der Waals surface area contributed by atoms with Gasteiger partial charge in [-0.1, -0.05) is 6.92 Å². The molecule has 0 aliphatic carbocycles. The van der Waals surface area contributed by atoms with Crippen LogP contribution in [-0.4, -0.2) is 7.85 Å². The molecule has 0 saturated heterocycles. The van der Waals surface area contributed by atoms with Crippen LogP contribution in [0, 0.1) is 11.7 Å². The lowest BCUT2D eigenvalue weighted by molar-refractivity contribution is 1.28. The molecule has 0 bridgehead atoms. The van der Waals surface area contributed by atoms with Crippen molar-refractivity contribution in [2.75, 3.05) is 0 Å². The summed E-state index contributed by atoms with van der Waals surface area (Å²) in [5.41, 5.74) is 0. The van der Waals surface area contributed by atoms with E-state index in [-0.39, 0.29) is 0 Å². The molecule has 0 spiro atoms. The second kappa shape index (κ2) is 3.62. The molecular weight excluding hydrogens is 58.9 g/mol. The normalized spacial score (nSPS) is 5.00. The Hall–Kier alpha value is -0.375. The maximum absolute atomic E-state index is 2.86. The number of hydrogen-bond acceptors (Lipinski definition) is 0. The van der Waals surface area contributed by atoms with Gasteiger partial charge in [0.25, 0.3) is 0 Å². The highest BCUT2D eigenvalue weighted by Crippen LogP contribution is 1.60. The fourth-order valence-corrected chi connectivity index (χ4v) is 0.177. The van der Waals surface area contributed by atoms with Crippen LogP contribution in [0.4, 0.5) is 0 Å². The van der Waals surface area contributed by atoms with Gasteiger partial charge in [0.1, 0.15) is 0 Å². The summed E-state index contributed by atoms with van der Waals surface area (Å²) in [5, 5.41) is 0. The summed E-state index contributed by atoms with van der Waals surface area (Å²) in [6.07, 6.45) is 0.983. The molecule has 0 amide bonds. The molecule has 0 aromatic heterocycles. The van der Waals surface area contributed by atoms with E-state index in [9.17, 15) is 0 Å². The lowest BCUT2D eigenvalue weighted by Gasteiger charge is -1.58. The summed E-state index contributed by atoms with van der Waals surface area (Å²) < 4.78 is 0. The third kappa shape index (κ3) is 3.62. The van der Waals surface area contributed by atoms with Crippen LogP contribution in [0.15, 0.2) is 0 Å². The van der Waals surface area contributed by atoms with Crippen LogP contribution >= 0.6 is 0 Å². The van der Waals surface area contributed by atoms with Gasteiger partial charge in [0.05, 0.1) is 0 Å². The Morgan fingerprint density at radius 1 is 1.80 bits per heavy atom. The van der Waals surface area contributed by atoms with Gasteiger partial charge in [-0.3, -0.25) is 0 Å². The molecule has 0 unspecified atom stereocenters. The minimum atomic E-state index is 0.983. The van der Waals surface area contributed by atoms with Gasteiger partial charge in [-0.2, -0.15) is 5.82 Å². The minimum absolute atomic E-state index is 0.983. The van der Waals surface area contributed by atoms with Crippen LogP contribution in [0.2, 0.25) is 0 Å². The average molecular weight is 65.9 g/mol. The van der Waals surface area contributed by atoms with Gasteiger partial charge in [-0.05, 0) is 0 Å². The van der Waals surface area contributed by atoms with E-state index in [1.54, 1.807) is 0 Å². The van der Waals surface area contributed by atoms with Gasteiger partial charge in [-0.25, -0.2) is 0 Å². The Morgan fingerprint density at radius 2 is 2.40 bits per heavy atom. The molecule has 5 heavy (non-hydrogen) atoms. The van der Waals surface area contributed by atoms with Crippen molar-refractivity contribution in [3.05, 3.63) is 0 Å². The zero-order valence-corrected chi connectivity index (χ0v) is 3.71. The van der Waals surface area contributed by atoms with Crippen LogP contribution < -0.4 is 0 Å². The summed E-state index contributed by atoms with van der Waals surface area (Å²) >= 11 is 0. The summed E-state index contributed by atoms with van der Waals surface area (Å²) in [4.78, 5) is 0. The van der Waals surface area contributed by atoms with Crippen molar-refractivity contribution in [1.82, 2.24) is 0 Å². The van der Waals surface area contributed by atoms with Crippen LogP contribution in [0.1, 0.15) is 13.3 Å². The number of rotatable bonds is 0. The van der Waals surface area contributed by atoms with Gasteiger partial charge in [0.2, 0.25) is 0 Å². The molecule has 0 aliphatic heterocycles. The Bertz CT molecular complexity index is 55.8. The lowest BCUT2D eigenvalue weighted by Crippen LogP contribution is -1.50. The molecular formula is C4H7B. The quantitative estimate of drug-likeness (QED) is 0.275. The van der Waals surface area contributed by atoms with Crippen LogP contribution in [0.5, 0.6) is 0 Å². The zero-order valence-electron chi connectivity index (χ0n) is 3.71. The van der Waals surface area contributed by atoms with Gasteiger partial charge >= 0.3 is 0 Å². The van der Waals surface area contributed by atoms with Crippen molar-refractivity contribution in [3.8, 4) is 11.7 Å². The van der Waals surface area contributed by atoms with E-state index in [0.29, 0.717) is 0 Å². The molecule has 0 saturated carbocycles. The summed E-state index contributed by atoms with van der Waals surface area (Å²) in [6.45, 7) is 2.04. The van der Waals surface area contributed by atoms with E-state index in [4.69, 9.17) is 0 Å². The van der Waals surface area contributed by atoms with E-state index < -0.39 is 0 Å². The van der Waals surface area contributed by atoms with Crippen LogP contribution in [0.25, 0.3) is 0 Å². The smallest absolute Gasteiger partial charge is 0.165 e. The average Bonchev–Trinajstić information content (AvgIpc) is 1.41. The van der Waals surface area contributed by atoms with Crippen LogP contribution in [-0.2, 0) is 0 Å². The molecule has 0 aromatic carbocycles. The van der Waals surface area contributed by atoms with E-state index in [0.717, 1.165) is 6.42 Å². The van der Waals surface area contributed by atoms with Crippen molar-refractivity contribution >= 4 is 7.85 Å². The van der Waals surface area contributed by atoms with Gasteiger partial charge in [-0.15, -0.1) is 5.92 Å². The first-order chi connectivity index (χ1) is 2.41. The van der Waals surface area contributed by atoms with E-state index >= 15 is 0 Å². The standard InChI is InChI=1S/C4H7B/c1-2-3-4-5/h2,5H2,1H3. The lowest BCUT2D eigenvalue weighted by atomic mass is 10.2. The Labute approximate surface area is 34.0 Å². The first-order valence-corrected chi connectivity index (χ1v) is 1.81. The molecule has 0 radical (unpaired) electrons. The van der Waals surface area contributed by atoms with E-state index in [1.165, 1.54) is 0 Å². The van der Waals surface area contributed by atoms with Crippen LogP contribution in [0.3, 0.4) is 0 Å². The summed E-state index contributed by atoms with van der Waals surface area (Å²) in [5.74, 6) is 5.63. The molecule has 26 valence electrons. The zero-order chi connectivity index (χ0) is 4.12. The van der Waals surface area contributed by atoms with Gasteiger partial charge < -0.3 is 0 Å². The SMILES string of the molecule is BC#CCC. The van der Waals surface area contributed by atoms with Gasteiger partial charge in [0, 0.05) is 6.42 Å². The third-order valence-corrected chi connectivity index (χ3v) is 0.354. The molecule has 0 atom stereocenters. The number of hydrogen-bond donors (Lipinski definition) is 0. The molecule has 0 aliphatic rings. The van der Waals surface area contributed by atoms with Crippen molar-refractivity contribution in [1.29, 1.82) is 0 Å². The third-order valence-electron chi connectivity index (χ3n) is 0.354. The highest BCUT2D eigenvalue weighted by atomic mass is 13.5. The second-order valence-corrected chi connectivity index (χ2v) is 0.780. The van der Waals surface area contributed by atoms with E-state index in [1.807, 2.05) is 14.8 Å². The molecule has 0 aromatic rings. The summed E-state index contributed by atoms with van der Waals surface area (Å²) in [6, 6.07) is 0. The molecule has 0 heterocycles. The minimum Gasteiger partial charge on any atom is -0.165 e. The maximum atomic E-state index is 2.86. The Morgan fingerprint density at radius 3 is 2.40 bits per heavy atom. The fraction of sp³-hybridized carbons (Fsp3) is 0.500. The molecule has 0 rings (SSSR count). The van der Waals surface area contributed by atoms with Crippen molar-refractivity contribution < 1.29 is 0 Å². The molecule has 0 fully saturated rings. The largest absolute Gasteiger partial charge is 0.195 e. The monoisotopic (exact) mass is 66.1 g/mol. The maximum Gasteiger partial charge on any atom is 0.195 e.